The molecule has 0 spiro atoms. The Labute approximate surface area is 91.3 Å². The van der Waals surface area contributed by atoms with E-state index in [9.17, 15) is 9.18 Å². The Morgan fingerprint density at radius 2 is 2.33 bits per heavy atom. The normalized spacial score (nSPS) is 15.7. The zero-order chi connectivity index (χ0) is 10.8. The number of hydroxylamine groups is 2. The SMILES string of the molecule is O=C(c1ccc(Cl)c(F)c1)N1CCCO1. The van der Waals surface area contributed by atoms with Crippen LogP contribution in [-0.2, 0) is 4.84 Å². The fourth-order valence-corrected chi connectivity index (χ4v) is 1.50. The van der Waals surface area contributed by atoms with Gasteiger partial charge in [-0.25, -0.2) is 9.45 Å². The zero-order valence-electron chi connectivity index (χ0n) is 7.87. The number of carbonyl (C=O) groups is 1. The van der Waals surface area contributed by atoms with Crippen LogP contribution in [0.2, 0.25) is 5.02 Å². The summed E-state index contributed by atoms with van der Waals surface area (Å²) in [4.78, 5) is 16.8. The Balaban J connectivity index is 2.21. The summed E-state index contributed by atoms with van der Waals surface area (Å²) in [6.07, 6.45) is 0.807. The fourth-order valence-electron chi connectivity index (χ4n) is 1.38. The van der Waals surface area contributed by atoms with Gasteiger partial charge in [-0.1, -0.05) is 11.6 Å². The number of amides is 1. The first-order chi connectivity index (χ1) is 7.18. The van der Waals surface area contributed by atoms with Gasteiger partial charge >= 0.3 is 0 Å². The molecule has 0 saturated carbocycles. The van der Waals surface area contributed by atoms with Crippen LogP contribution in [0.3, 0.4) is 0 Å². The maximum absolute atomic E-state index is 13.1. The summed E-state index contributed by atoms with van der Waals surface area (Å²) in [7, 11) is 0. The van der Waals surface area contributed by atoms with E-state index in [0.717, 1.165) is 12.5 Å². The van der Waals surface area contributed by atoms with Gasteiger partial charge < -0.3 is 0 Å². The van der Waals surface area contributed by atoms with Crippen molar-refractivity contribution in [2.24, 2.45) is 0 Å². The predicted molar refractivity (Wildman–Crippen MR) is 53.0 cm³/mol. The highest BCUT2D eigenvalue weighted by atomic mass is 35.5. The molecule has 0 unspecified atom stereocenters. The van der Waals surface area contributed by atoms with Gasteiger partial charge in [0.2, 0.25) is 0 Å². The molecule has 0 aliphatic carbocycles. The third kappa shape index (κ3) is 2.11. The average molecular weight is 230 g/mol. The van der Waals surface area contributed by atoms with Crippen LogP contribution in [0.4, 0.5) is 4.39 Å². The summed E-state index contributed by atoms with van der Waals surface area (Å²) in [5.74, 6) is -0.926. The first kappa shape index (κ1) is 10.4. The van der Waals surface area contributed by atoms with E-state index in [4.69, 9.17) is 16.4 Å². The van der Waals surface area contributed by atoms with Gasteiger partial charge in [0.25, 0.3) is 5.91 Å². The van der Waals surface area contributed by atoms with Crippen molar-refractivity contribution in [2.75, 3.05) is 13.2 Å². The molecule has 80 valence electrons. The molecule has 1 aliphatic rings. The molecule has 1 aliphatic heterocycles. The van der Waals surface area contributed by atoms with Crippen LogP contribution in [0.25, 0.3) is 0 Å². The van der Waals surface area contributed by atoms with Crippen molar-refractivity contribution in [1.82, 2.24) is 5.06 Å². The summed E-state index contributed by atoms with van der Waals surface area (Å²) >= 11 is 5.51. The molecule has 1 heterocycles. The second kappa shape index (κ2) is 4.16. The number of carbonyl (C=O) groups excluding carboxylic acids is 1. The summed E-state index contributed by atoms with van der Waals surface area (Å²) in [6.45, 7) is 1.07. The molecule has 1 fully saturated rings. The van der Waals surface area contributed by atoms with E-state index in [2.05, 4.69) is 0 Å². The monoisotopic (exact) mass is 229 g/mol. The average Bonchev–Trinajstić information content (AvgIpc) is 2.74. The molecular formula is C10H9ClFNO2. The lowest BCUT2D eigenvalue weighted by Gasteiger charge is -2.13. The Hall–Kier alpha value is -1.13. The second-order valence-electron chi connectivity index (χ2n) is 3.22. The third-order valence-electron chi connectivity index (χ3n) is 2.15. The molecule has 15 heavy (non-hydrogen) atoms. The van der Waals surface area contributed by atoms with Gasteiger partial charge in [-0.2, -0.15) is 0 Å². The number of hydrogen-bond acceptors (Lipinski definition) is 2. The van der Waals surface area contributed by atoms with Crippen LogP contribution in [-0.4, -0.2) is 24.1 Å². The highest BCUT2D eigenvalue weighted by Gasteiger charge is 2.21. The molecule has 0 aromatic heterocycles. The van der Waals surface area contributed by atoms with Gasteiger partial charge in [-0.3, -0.25) is 9.63 Å². The molecule has 0 bridgehead atoms. The minimum atomic E-state index is -0.596. The van der Waals surface area contributed by atoms with E-state index in [1.54, 1.807) is 0 Å². The molecule has 0 radical (unpaired) electrons. The molecule has 2 rings (SSSR count). The molecular weight excluding hydrogens is 221 g/mol. The third-order valence-corrected chi connectivity index (χ3v) is 2.45. The first-order valence-corrected chi connectivity index (χ1v) is 4.96. The standard InChI is InChI=1S/C10H9ClFNO2/c11-8-3-2-7(6-9(8)12)10(14)13-4-1-5-15-13/h2-3,6H,1,4-5H2. The first-order valence-electron chi connectivity index (χ1n) is 4.58. The lowest BCUT2D eigenvalue weighted by molar-refractivity contribution is -0.0768. The van der Waals surface area contributed by atoms with E-state index in [-0.39, 0.29) is 16.5 Å². The van der Waals surface area contributed by atoms with Gasteiger partial charge in [0.1, 0.15) is 5.82 Å². The lowest BCUT2D eigenvalue weighted by atomic mass is 10.2. The van der Waals surface area contributed by atoms with Gasteiger partial charge in [-0.15, -0.1) is 0 Å². The molecule has 3 nitrogen and oxygen atoms in total. The Morgan fingerprint density at radius 3 is 2.93 bits per heavy atom. The van der Waals surface area contributed by atoms with E-state index < -0.39 is 5.82 Å². The molecule has 0 atom stereocenters. The number of hydrogen-bond donors (Lipinski definition) is 0. The zero-order valence-corrected chi connectivity index (χ0v) is 8.63. The maximum Gasteiger partial charge on any atom is 0.277 e. The molecule has 0 N–H and O–H groups in total. The van der Waals surface area contributed by atoms with Crippen molar-refractivity contribution in [3.05, 3.63) is 34.6 Å². The van der Waals surface area contributed by atoms with Gasteiger partial charge in [0, 0.05) is 5.56 Å². The van der Waals surface area contributed by atoms with Gasteiger partial charge in [0.15, 0.2) is 0 Å². The van der Waals surface area contributed by atoms with Crippen LogP contribution in [0.15, 0.2) is 18.2 Å². The Morgan fingerprint density at radius 1 is 1.53 bits per heavy atom. The van der Waals surface area contributed by atoms with Crippen LogP contribution >= 0.6 is 11.6 Å². The van der Waals surface area contributed by atoms with Crippen LogP contribution in [0.1, 0.15) is 16.8 Å². The summed E-state index contributed by atoms with van der Waals surface area (Å²) < 4.78 is 13.1. The van der Waals surface area contributed by atoms with Crippen LogP contribution in [0, 0.1) is 5.82 Å². The van der Waals surface area contributed by atoms with E-state index in [1.807, 2.05) is 0 Å². The number of halogens is 2. The topological polar surface area (TPSA) is 29.5 Å². The van der Waals surface area contributed by atoms with E-state index in [1.165, 1.54) is 17.2 Å². The second-order valence-corrected chi connectivity index (χ2v) is 3.63. The minimum Gasteiger partial charge on any atom is -0.271 e. The quantitative estimate of drug-likeness (QED) is 0.739. The van der Waals surface area contributed by atoms with Crippen LogP contribution < -0.4 is 0 Å². The van der Waals surface area contributed by atoms with Crippen molar-refractivity contribution in [3.63, 3.8) is 0 Å². The Bertz CT molecular complexity index is 391. The van der Waals surface area contributed by atoms with Crippen molar-refractivity contribution >= 4 is 17.5 Å². The minimum absolute atomic E-state index is 0.00823. The molecule has 5 heteroatoms. The van der Waals surface area contributed by atoms with Gasteiger partial charge in [0.05, 0.1) is 18.2 Å². The molecule has 1 aromatic carbocycles. The summed E-state index contributed by atoms with van der Waals surface area (Å²) in [6, 6.07) is 3.96. The van der Waals surface area contributed by atoms with Gasteiger partial charge in [-0.05, 0) is 24.6 Å². The Kier molecular flexibility index (Phi) is 2.88. The predicted octanol–water partition coefficient (Wildman–Crippen LogP) is 2.26. The van der Waals surface area contributed by atoms with Crippen LogP contribution in [0.5, 0.6) is 0 Å². The largest absolute Gasteiger partial charge is 0.277 e. The summed E-state index contributed by atoms with van der Waals surface area (Å²) in [5, 5.41) is 1.25. The molecule has 1 aromatic rings. The fraction of sp³-hybridized carbons (Fsp3) is 0.300. The van der Waals surface area contributed by atoms with Crippen molar-refractivity contribution in [2.45, 2.75) is 6.42 Å². The number of nitrogens with zero attached hydrogens (tertiary/aromatic N) is 1. The highest BCUT2D eigenvalue weighted by Crippen LogP contribution is 2.18. The maximum atomic E-state index is 13.1. The lowest BCUT2D eigenvalue weighted by Crippen LogP contribution is -2.26. The van der Waals surface area contributed by atoms with Crippen molar-refractivity contribution < 1.29 is 14.0 Å². The smallest absolute Gasteiger partial charge is 0.271 e. The molecule has 1 amide bonds. The highest BCUT2D eigenvalue weighted by molar-refractivity contribution is 6.30. The molecule has 1 saturated heterocycles. The van der Waals surface area contributed by atoms with E-state index >= 15 is 0 Å². The number of rotatable bonds is 1. The van der Waals surface area contributed by atoms with E-state index in [0.29, 0.717) is 13.2 Å². The van der Waals surface area contributed by atoms with Crippen molar-refractivity contribution in [3.8, 4) is 0 Å². The van der Waals surface area contributed by atoms with Crippen molar-refractivity contribution in [1.29, 1.82) is 0 Å². The number of benzene rings is 1. The summed E-state index contributed by atoms with van der Waals surface area (Å²) in [5.41, 5.74) is 0.249.